The second-order valence-electron chi connectivity index (χ2n) is 3.99. The SMILES string of the molecule is Nc1cc(C(=O)NCc2ccc(C(=O)O)o2)ccc1Cl. The first-order valence-corrected chi connectivity index (χ1v) is 6.00. The highest BCUT2D eigenvalue weighted by atomic mass is 35.5. The molecule has 1 amide bonds. The number of carboxylic acids is 1. The lowest BCUT2D eigenvalue weighted by atomic mass is 10.2. The highest BCUT2D eigenvalue weighted by Gasteiger charge is 2.11. The molecular weight excluding hydrogens is 284 g/mol. The van der Waals surface area contributed by atoms with Gasteiger partial charge in [-0.3, -0.25) is 4.79 Å². The number of nitrogen functional groups attached to an aromatic ring is 1. The number of halogens is 1. The fourth-order valence-corrected chi connectivity index (χ4v) is 1.66. The molecule has 1 aromatic heterocycles. The highest BCUT2D eigenvalue weighted by Crippen LogP contribution is 2.19. The summed E-state index contributed by atoms with van der Waals surface area (Å²) in [7, 11) is 0. The maximum Gasteiger partial charge on any atom is 0.371 e. The Morgan fingerprint density at radius 2 is 2.05 bits per heavy atom. The summed E-state index contributed by atoms with van der Waals surface area (Å²) in [5.41, 5.74) is 6.28. The number of carbonyl (C=O) groups excluding carboxylic acids is 1. The van der Waals surface area contributed by atoms with E-state index in [1.165, 1.54) is 24.3 Å². The zero-order chi connectivity index (χ0) is 14.7. The highest BCUT2D eigenvalue weighted by molar-refractivity contribution is 6.33. The zero-order valence-corrected chi connectivity index (χ0v) is 11.0. The Kier molecular flexibility index (Phi) is 3.95. The summed E-state index contributed by atoms with van der Waals surface area (Å²) in [6.07, 6.45) is 0. The second kappa shape index (κ2) is 5.66. The van der Waals surface area contributed by atoms with Crippen LogP contribution in [-0.4, -0.2) is 17.0 Å². The molecule has 2 rings (SSSR count). The van der Waals surface area contributed by atoms with Gasteiger partial charge in [0.25, 0.3) is 5.91 Å². The summed E-state index contributed by atoms with van der Waals surface area (Å²) in [5.74, 6) is -1.35. The third-order valence-corrected chi connectivity index (χ3v) is 2.90. The molecule has 0 fully saturated rings. The van der Waals surface area contributed by atoms with Crippen molar-refractivity contribution in [3.63, 3.8) is 0 Å². The molecule has 6 nitrogen and oxygen atoms in total. The lowest BCUT2D eigenvalue weighted by Crippen LogP contribution is -2.22. The Morgan fingerprint density at radius 1 is 1.30 bits per heavy atom. The van der Waals surface area contributed by atoms with E-state index in [1.807, 2.05) is 0 Å². The van der Waals surface area contributed by atoms with E-state index in [0.29, 0.717) is 22.0 Å². The molecule has 0 saturated carbocycles. The normalized spacial score (nSPS) is 10.2. The Bertz CT molecular complexity index is 666. The van der Waals surface area contributed by atoms with Gasteiger partial charge in [-0.15, -0.1) is 0 Å². The van der Waals surface area contributed by atoms with E-state index in [1.54, 1.807) is 6.07 Å². The molecule has 0 aliphatic carbocycles. The van der Waals surface area contributed by atoms with Crippen molar-refractivity contribution in [2.45, 2.75) is 6.54 Å². The van der Waals surface area contributed by atoms with E-state index in [9.17, 15) is 9.59 Å². The van der Waals surface area contributed by atoms with Crippen LogP contribution in [0.25, 0.3) is 0 Å². The molecule has 20 heavy (non-hydrogen) atoms. The molecule has 0 unspecified atom stereocenters. The summed E-state index contributed by atoms with van der Waals surface area (Å²) >= 11 is 5.76. The van der Waals surface area contributed by atoms with E-state index in [-0.39, 0.29) is 18.2 Å². The van der Waals surface area contributed by atoms with Gasteiger partial charge in [0.2, 0.25) is 5.76 Å². The Morgan fingerprint density at radius 3 is 2.65 bits per heavy atom. The average Bonchev–Trinajstić information content (AvgIpc) is 2.88. The standard InChI is InChI=1S/C13H11ClN2O4/c14-9-3-1-7(5-10(9)15)12(17)16-6-8-2-4-11(20-8)13(18)19/h1-5H,6,15H2,(H,16,17)(H,18,19). The van der Waals surface area contributed by atoms with E-state index < -0.39 is 5.97 Å². The molecule has 0 spiro atoms. The fraction of sp³-hybridized carbons (Fsp3) is 0.0769. The molecule has 104 valence electrons. The van der Waals surface area contributed by atoms with E-state index >= 15 is 0 Å². The largest absolute Gasteiger partial charge is 0.475 e. The molecule has 1 aromatic carbocycles. The van der Waals surface area contributed by atoms with Crippen LogP contribution in [-0.2, 0) is 6.54 Å². The second-order valence-corrected chi connectivity index (χ2v) is 4.40. The van der Waals surface area contributed by atoms with Crippen molar-refractivity contribution in [1.29, 1.82) is 0 Å². The van der Waals surface area contributed by atoms with Crippen molar-refractivity contribution < 1.29 is 19.1 Å². The van der Waals surface area contributed by atoms with Gasteiger partial charge in [0.05, 0.1) is 17.3 Å². The summed E-state index contributed by atoms with van der Waals surface area (Å²) < 4.78 is 5.01. The van der Waals surface area contributed by atoms with Crippen molar-refractivity contribution in [1.82, 2.24) is 5.32 Å². The molecule has 1 heterocycles. The van der Waals surface area contributed by atoms with Gasteiger partial charge >= 0.3 is 5.97 Å². The monoisotopic (exact) mass is 294 g/mol. The Labute approximate surface area is 119 Å². The van der Waals surface area contributed by atoms with Crippen LogP contribution in [0.2, 0.25) is 5.02 Å². The quantitative estimate of drug-likeness (QED) is 0.749. The van der Waals surface area contributed by atoms with Gasteiger partial charge in [0.1, 0.15) is 5.76 Å². The summed E-state index contributed by atoms with van der Waals surface area (Å²) in [6.45, 7) is 0.0780. The third-order valence-electron chi connectivity index (χ3n) is 2.55. The molecule has 0 atom stereocenters. The minimum absolute atomic E-state index is 0.0780. The predicted octanol–water partition coefficient (Wildman–Crippen LogP) is 2.14. The molecule has 2 aromatic rings. The van der Waals surface area contributed by atoms with Gasteiger partial charge < -0.3 is 20.6 Å². The van der Waals surface area contributed by atoms with Crippen LogP contribution < -0.4 is 11.1 Å². The van der Waals surface area contributed by atoms with Crippen LogP contribution >= 0.6 is 11.6 Å². The number of benzene rings is 1. The third kappa shape index (κ3) is 3.10. The van der Waals surface area contributed by atoms with Crippen molar-refractivity contribution in [3.05, 3.63) is 52.4 Å². The number of carbonyl (C=O) groups is 2. The summed E-state index contributed by atoms with van der Waals surface area (Å²) in [4.78, 5) is 22.5. The molecular formula is C13H11ClN2O4. The Hall–Kier alpha value is -2.47. The number of amides is 1. The van der Waals surface area contributed by atoms with Gasteiger partial charge in [-0.25, -0.2) is 4.79 Å². The molecule has 0 aliphatic heterocycles. The topological polar surface area (TPSA) is 106 Å². The number of nitrogens with two attached hydrogens (primary N) is 1. The van der Waals surface area contributed by atoms with Gasteiger partial charge in [-0.2, -0.15) is 0 Å². The van der Waals surface area contributed by atoms with Crippen molar-refractivity contribution in [3.8, 4) is 0 Å². The number of furan rings is 1. The smallest absolute Gasteiger partial charge is 0.371 e. The maximum absolute atomic E-state index is 11.9. The number of rotatable bonds is 4. The molecule has 7 heteroatoms. The van der Waals surface area contributed by atoms with Crippen LogP contribution in [0, 0.1) is 0 Å². The van der Waals surface area contributed by atoms with E-state index in [2.05, 4.69) is 5.32 Å². The van der Waals surface area contributed by atoms with Crippen molar-refractivity contribution in [2.75, 3.05) is 5.73 Å². The summed E-state index contributed by atoms with van der Waals surface area (Å²) in [6, 6.07) is 7.34. The van der Waals surface area contributed by atoms with Crippen LogP contribution in [0.4, 0.5) is 5.69 Å². The number of hydrogen-bond donors (Lipinski definition) is 3. The van der Waals surface area contributed by atoms with Crippen LogP contribution in [0.15, 0.2) is 34.7 Å². The van der Waals surface area contributed by atoms with Gasteiger partial charge in [-0.05, 0) is 30.3 Å². The van der Waals surface area contributed by atoms with Gasteiger partial charge in [-0.1, -0.05) is 11.6 Å². The number of anilines is 1. The number of hydrogen-bond acceptors (Lipinski definition) is 4. The number of carboxylic acid groups (broad SMARTS) is 1. The molecule has 0 bridgehead atoms. The molecule has 4 N–H and O–H groups in total. The van der Waals surface area contributed by atoms with E-state index in [4.69, 9.17) is 26.9 Å². The molecule has 0 saturated heterocycles. The Balaban J connectivity index is 2.00. The minimum atomic E-state index is -1.16. The van der Waals surface area contributed by atoms with Gasteiger partial charge in [0.15, 0.2) is 0 Å². The predicted molar refractivity (Wildman–Crippen MR) is 72.7 cm³/mol. The number of nitrogens with one attached hydrogen (secondary N) is 1. The van der Waals surface area contributed by atoms with Crippen LogP contribution in [0.3, 0.4) is 0 Å². The fourth-order valence-electron chi connectivity index (χ4n) is 1.54. The lowest BCUT2D eigenvalue weighted by Gasteiger charge is -2.05. The number of aromatic carboxylic acids is 1. The molecule has 0 radical (unpaired) electrons. The van der Waals surface area contributed by atoms with Crippen LogP contribution in [0.1, 0.15) is 26.7 Å². The average molecular weight is 295 g/mol. The lowest BCUT2D eigenvalue weighted by molar-refractivity contribution is 0.0660. The van der Waals surface area contributed by atoms with Crippen LogP contribution in [0.5, 0.6) is 0 Å². The minimum Gasteiger partial charge on any atom is -0.475 e. The first-order valence-electron chi connectivity index (χ1n) is 5.62. The molecule has 0 aliphatic rings. The van der Waals surface area contributed by atoms with Crippen molar-refractivity contribution in [2.24, 2.45) is 0 Å². The van der Waals surface area contributed by atoms with Crippen molar-refractivity contribution >= 4 is 29.2 Å². The zero-order valence-electron chi connectivity index (χ0n) is 10.2. The first-order chi connectivity index (χ1) is 9.47. The van der Waals surface area contributed by atoms with E-state index in [0.717, 1.165) is 0 Å². The summed E-state index contributed by atoms with van der Waals surface area (Å²) in [5, 5.41) is 11.7. The van der Waals surface area contributed by atoms with Gasteiger partial charge in [0, 0.05) is 5.56 Å². The maximum atomic E-state index is 11.9. The first kappa shape index (κ1) is 14.0.